The number of hydrogen-bond acceptors (Lipinski definition) is 2. The maximum Gasteiger partial charge on any atom is 0.240 e. The normalized spacial score (nSPS) is 9.77. The van der Waals surface area contributed by atoms with E-state index in [0.717, 1.165) is 0 Å². The lowest BCUT2D eigenvalue weighted by atomic mass is 10.3. The zero-order chi connectivity index (χ0) is 9.84. The van der Waals surface area contributed by atoms with E-state index in [4.69, 9.17) is 5.73 Å². The number of carbonyl (C=O) groups is 1. The Balaban J connectivity index is 2.83. The summed E-state index contributed by atoms with van der Waals surface area (Å²) in [4.78, 5) is 12.5. The van der Waals surface area contributed by atoms with E-state index in [0.29, 0.717) is 5.69 Å². The van der Waals surface area contributed by atoms with Crippen LogP contribution in [0.5, 0.6) is 0 Å². The van der Waals surface area contributed by atoms with Gasteiger partial charge >= 0.3 is 0 Å². The number of benzene rings is 1. The standard InChI is InChI=1S/C9H11FN2O/c1-12(9(13)6-11)8-4-2-7(10)3-5-8/h2-5H,6,11H2,1H3. The predicted octanol–water partition coefficient (Wildman–Crippen LogP) is 0.747. The van der Waals surface area contributed by atoms with Crippen molar-refractivity contribution in [2.45, 2.75) is 0 Å². The lowest BCUT2D eigenvalue weighted by molar-refractivity contribution is -0.117. The van der Waals surface area contributed by atoms with Crippen molar-refractivity contribution in [3.63, 3.8) is 0 Å². The summed E-state index contributed by atoms with van der Waals surface area (Å²) in [6.45, 7) is -0.0477. The molecule has 0 radical (unpaired) electrons. The topological polar surface area (TPSA) is 46.3 Å². The second-order valence-electron chi connectivity index (χ2n) is 2.63. The molecular formula is C9H11FN2O. The molecule has 1 aromatic rings. The van der Waals surface area contributed by atoms with Gasteiger partial charge in [-0.05, 0) is 24.3 Å². The summed E-state index contributed by atoms with van der Waals surface area (Å²) in [5.41, 5.74) is 5.81. The first kappa shape index (κ1) is 9.67. The lowest BCUT2D eigenvalue weighted by Gasteiger charge is -2.15. The summed E-state index contributed by atoms with van der Waals surface area (Å²) in [6, 6.07) is 5.66. The van der Waals surface area contributed by atoms with E-state index in [2.05, 4.69) is 0 Å². The van der Waals surface area contributed by atoms with Gasteiger partial charge in [0.1, 0.15) is 5.82 Å². The molecule has 1 amide bonds. The third-order valence-electron chi connectivity index (χ3n) is 1.76. The number of likely N-dealkylation sites (N-methyl/N-ethyl adjacent to an activating group) is 1. The number of hydrogen-bond donors (Lipinski definition) is 1. The molecule has 0 fully saturated rings. The highest BCUT2D eigenvalue weighted by Crippen LogP contribution is 2.12. The highest BCUT2D eigenvalue weighted by atomic mass is 19.1. The molecule has 4 heteroatoms. The molecule has 2 N–H and O–H groups in total. The van der Waals surface area contributed by atoms with Crippen LogP contribution in [0.2, 0.25) is 0 Å². The fourth-order valence-electron chi connectivity index (χ4n) is 0.946. The van der Waals surface area contributed by atoms with Crippen LogP contribution in [0.1, 0.15) is 0 Å². The minimum Gasteiger partial charge on any atom is -0.322 e. The highest BCUT2D eigenvalue weighted by molar-refractivity contribution is 5.94. The van der Waals surface area contributed by atoms with Gasteiger partial charge in [0.15, 0.2) is 0 Å². The summed E-state index contributed by atoms with van der Waals surface area (Å²) in [5, 5.41) is 0. The van der Waals surface area contributed by atoms with Gasteiger partial charge in [-0.3, -0.25) is 4.79 Å². The van der Waals surface area contributed by atoms with E-state index in [-0.39, 0.29) is 18.3 Å². The first-order valence-corrected chi connectivity index (χ1v) is 3.87. The number of carbonyl (C=O) groups excluding carboxylic acids is 1. The molecule has 0 saturated heterocycles. The van der Waals surface area contributed by atoms with Crippen molar-refractivity contribution in [2.75, 3.05) is 18.5 Å². The lowest BCUT2D eigenvalue weighted by Crippen LogP contribution is -2.32. The smallest absolute Gasteiger partial charge is 0.240 e. The number of rotatable bonds is 2. The Bertz CT molecular complexity index is 297. The molecule has 1 rings (SSSR count). The molecule has 13 heavy (non-hydrogen) atoms. The second kappa shape index (κ2) is 4.00. The molecule has 0 aliphatic rings. The van der Waals surface area contributed by atoms with Gasteiger partial charge in [-0.25, -0.2) is 4.39 Å². The minimum atomic E-state index is -0.322. The van der Waals surface area contributed by atoms with Crippen molar-refractivity contribution in [2.24, 2.45) is 5.73 Å². The minimum absolute atomic E-state index is 0.0477. The van der Waals surface area contributed by atoms with E-state index >= 15 is 0 Å². The van der Waals surface area contributed by atoms with E-state index in [1.807, 2.05) is 0 Å². The van der Waals surface area contributed by atoms with E-state index in [9.17, 15) is 9.18 Å². The van der Waals surface area contributed by atoms with Gasteiger partial charge in [-0.15, -0.1) is 0 Å². The maximum atomic E-state index is 12.5. The molecule has 3 nitrogen and oxygen atoms in total. The fraction of sp³-hybridized carbons (Fsp3) is 0.222. The van der Waals surface area contributed by atoms with Crippen molar-refractivity contribution in [1.82, 2.24) is 0 Å². The Hall–Kier alpha value is -1.42. The van der Waals surface area contributed by atoms with Crippen LogP contribution < -0.4 is 10.6 Å². The largest absolute Gasteiger partial charge is 0.322 e. The van der Waals surface area contributed by atoms with Crippen LogP contribution in [0.4, 0.5) is 10.1 Å². The van der Waals surface area contributed by atoms with Crippen molar-refractivity contribution < 1.29 is 9.18 Å². The summed E-state index contributed by atoms with van der Waals surface area (Å²) < 4.78 is 12.5. The van der Waals surface area contributed by atoms with Crippen LogP contribution >= 0.6 is 0 Å². The van der Waals surface area contributed by atoms with Gasteiger partial charge < -0.3 is 10.6 Å². The van der Waals surface area contributed by atoms with Gasteiger partial charge in [0.2, 0.25) is 5.91 Å². The van der Waals surface area contributed by atoms with Gasteiger partial charge in [0.25, 0.3) is 0 Å². The van der Waals surface area contributed by atoms with Crippen LogP contribution in [-0.2, 0) is 4.79 Å². The first-order valence-electron chi connectivity index (χ1n) is 3.87. The molecule has 0 aliphatic carbocycles. The number of halogens is 1. The summed E-state index contributed by atoms with van der Waals surface area (Å²) in [7, 11) is 1.60. The Labute approximate surface area is 76.0 Å². The molecule has 0 atom stereocenters. The number of nitrogens with zero attached hydrogens (tertiary/aromatic N) is 1. The van der Waals surface area contributed by atoms with Crippen molar-refractivity contribution in [3.8, 4) is 0 Å². The predicted molar refractivity (Wildman–Crippen MR) is 48.9 cm³/mol. The van der Waals surface area contributed by atoms with E-state index < -0.39 is 0 Å². The summed E-state index contributed by atoms with van der Waals surface area (Å²) in [5.74, 6) is -0.524. The third kappa shape index (κ3) is 2.26. The average molecular weight is 182 g/mol. The SMILES string of the molecule is CN(C(=O)CN)c1ccc(F)cc1. The molecule has 0 heterocycles. The van der Waals surface area contributed by atoms with Crippen LogP contribution in [-0.4, -0.2) is 19.5 Å². The van der Waals surface area contributed by atoms with E-state index in [1.54, 1.807) is 7.05 Å². The summed E-state index contributed by atoms with van der Waals surface area (Å²) >= 11 is 0. The molecule has 0 spiro atoms. The van der Waals surface area contributed by atoms with Crippen molar-refractivity contribution in [3.05, 3.63) is 30.1 Å². The molecule has 70 valence electrons. The monoisotopic (exact) mass is 182 g/mol. The van der Waals surface area contributed by atoms with Crippen LogP contribution in [0.15, 0.2) is 24.3 Å². The van der Waals surface area contributed by atoms with Gasteiger partial charge in [0.05, 0.1) is 6.54 Å². The zero-order valence-electron chi connectivity index (χ0n) is 7.33. The molecule has 0 unspecified atom stereocenters. The maximum absolute atomic E-state index is 12.5. The van der Waals surface area contributed by atoms with Crippen LogP contribution in [0.25, 0.3) is 0 Å². The summed E-state index contributed by atoms with van der Waals surface area (Å²) in [6.07, 6.45) is 0. The van der Waals surface area contributed by atoms with Crippen molar-refractivity contribution in [1.29, 1.82) is 0 Å². The highest BCUT2D eigenvalue weighted by Gasteiger charge is 2.07. The number of nitrogens with two attached hydrogens (primary N) is 1. The molecule has 0 saturated carbocycles. The number of anilines is 1. The molecule has 0 aliphatic heterocycles. The molecule has 1 aromatic carbocycles. The fourth-order valence-corrected chi connectivity index (χ4v) is 0.946. The van der Waals surface area contributed by atoms with Crippen molar-refractivity contribution >= 4 is 11.6 Å². The van der Waals surface area contributed by atoms with Gasteiger partial charge in [-0.2, -0.15) is 0 Å². The molecule has 0 bridgehead atoms. The van der Waals surface area contributed by atoms with Crippen LogP contribution in [0, 0.1) is 5.82 Å². The molecule has 0 aromatic heterocycles. The van der Waals surface area contributed by atoms with Gasteiger partial charge in [-0.1, -0.05) is 0 Å². The molecular weight excluding hydrogens is 171 g/mol. The Morgan fingerprint density at radius 1 is 1.46 bits per heavy atom. The zero-order valence-corrected chi connectivity index (χ0v) is 7.33. The van der Waals surface area contributed by atoms with Crippen LogP contribution in [0.3, 0.4) is 0 Å². The number of amides is 1. The average Bonchev–Trinajstić information content (AvgIpc) is 2.17. The second-order valence-corrected chi connectivity index (χ2v) is 2.63. The third-order valence-corrected chi connectivity index (χ3v) is 1.76. The Morgan fingerprint density at radius 2 is 2.00 bits per heavy atom. The van der Waals surface area contributed by atoms with Gasteiger partial charge in [0, 0.05) is 12.7 Å². The quantitative estimate of drug-likeness (QED) is 0.733. The Kier molecular flexibility index (Phi) is 2.97. The first-order chi connectivity index (χ1) is 6.15. The Morgan fingerprint density at radius 3 is 2.46 bits per heavy atom. The van der Waals surface area contributed by atoms with E-state index in [1.165, 1.54) is 29.2 Å².